The molecule has 0 saturated carbocycles. The van der Waals surface area contributed by atoms with Gasteiger partial charge in [-0.25, -0.2) is 4.39 Å². The van der Waals surface area contributed by atoms with Crippen LogP contribution in [0, 0.1) is 5.82 Å². The highest BCUT2D eigenvalue weighted by atomic mass is 35.5. The minimum atomic E-state index is -0.372. The van der Waals surface area contributed by atoms with Crippen LogP contribution in [0.1, 0.15) is 26.7 Å². The Bertz CT molecular complexity index is 598. The van der Waals surface area contributed by atoms with Gasteiger partial charge in [0.05, 0.1) is 12.5 Å². The zero-order valence-corrected chi connectivity index (χ0v) is 16.6. The Labute approximate surface area is 162 Å². The number of nitrogens with zero attached hydrogens (tertiary/aromatic N) is 1. The second-order valence-electron chi connectivity index (χ2n) is 5.24. The summed E-state index contributed by atoms with van der Waals surface area (Å²) in [6, 6.07) is 5.69. The molecule has 138 valence electrons. The summed E-state index contributed by atoms with van der Waals surface area (Å²) in [4.78, 5) is 25.1. The van der Waals surface area contributed by atoms with Crippen molar-refractivity contribution in [3.63, 3.8) is 0 Å². The fraction of sp³-hybridized carbons (Fsp3) is 0.471. The number of ketones is 1. The van der Waals surface area contributed by atoms with Crippen LogP contribution in [0.5, 0.6) is 0 Å². The molecule has 1 aromatic carbocycles. The van der Waals surface area contributed by atoms with E-state index in [1.807, 2.05) is 6.92 Å². The summed E-state index contributed by atoms with van der Waals surface area (Å²) < 4.78 is 18.8. The lowest BCUT2D eigenvalue weighted by Gasteiger charge is -2.26. The lowest BCUT2D eigenvalue weighted by molar-refractivity contribution is -0.117. The van der Waals surface area contributed by atoms with E-state index in [1.165, 1.54) is 35.7 Å². The molecule has 1 atom stereocenters. The van der Waals surface area contributed by atoms with E-state index in [4.69, 9.17) is 28.6 Å². The number of alkyl halides is 1. The van der Waals surface area contributed by atoms with Crippen LogP contribution in [0.2, 0.25) is 0 Å². The number of hydrogen-bond acceptors (Lipinski definition) is 5. The number of carbonyl (C=O) groups excluding carboxylic acids is 2. The second kappa shape index (κ2) is 11.4. The molecule has 0 radical (unpaired) electrons. The molecule has 8 heteroatoms. The molecule has 0 heterocycles. The number of amides is 1. The Kier molecular flexibility index (Phi) is 10.0. The lowest BCUT2D eigenvalue weighted by Crippen LogP contribution is -2.35. The van der Waals surface area contributed by atoms with Gasteiger partial charge in [-0.1, -0.05) is 11.8 Å². The molecule has 0 fully saturated rings. The molecule has 0 aromatic heterocycles. The third-order valence-electron chi connectivity index (χ3n) is 3.32. The largest absolute Gasteiger partial charge is 0.479 e. The first-order valence-electron chi connectivity index (χ1n) is 7.82. The van der Waals surface area contributed by atoms with E-state index in [2.05, 4.69) is 0 Å². The van der Waals surface area contributed by atoms with Gasteiger partial charge in [-0.15, -0.1) is 11.6 Å². The third kappa shape index (κ3) is 8.16. The second-order valence-corrected chi connectivity index (χ2v) is 7.41. The molecule has 0 N–H and O–H groups in total. The summed E-state index contributed by atoms with van der Waals surface area (Å²) >= 11 is 12.0. The van der Waals surface area contributed by atoms with E-state index in [0.29, 0.717) is 36.1 Å². The summed E-state index contributed by atoms with van der Waals surface area (Å²) in [6.07, 6.45) is 0.805. The van der Waals surface area contributed by atoms with Gasteiger partial charge in [-0.2, -0.15) is 0 Å². The number of carbonyl (C=O) groups is 2. The summed E-state index contributed by atoms with van der Waals surface area (Å²) in [7, 11) is 0. The number of Topliss-reactive ketones (excluding diaryl/α,β-unsaturated/α-hetero) is 1. The molecular formula is C17H21ClFNO3S2. The van der Waals surface area contributed by atoms with Gasteiger partial charge in [0.1, 0.15) is 11.6 Å². The predicted octanol–water partition coefficient (Wildman–Crippen LogP) is 4.19. The van der Waals surface area contributed by atoms with E-state index < -0.39 is 0 Å². The van der Waals surface area contributed by atoms with Crippen LogP contribution in [0.4, 0.5) is 10.1 Å². The first-order valence-corrected chi connectivity index (χ1v) is 9.64. The van der Waals surface area contributed by atoms with E-state index in [9.17, 15) is 14.0 Å². The number of thioether (sulfide) groups is 1. The Hall–Kier alpha value is -1.18. The molecule has 0 aliphatic carbocycles. The molecule has 25 heavy (non-hydrogen) atoms. The van der Waals surface area contributed by atoms with E-state index >= 15 is 0 Å². The molecule has 4 nitrogen and oxygen atoms in total. The van der Waals surface area contributed by atoms with Crippen LogP contribution in [0.15, 0.2) is 24.3 Å². The van der Waals surface area contributed by atoms with Crippen molar-refractivity contribution in [3.8, 4) is 0 Å². The Morgan fingerprint density at radius 2 is 2.00 bits per heavy atom. The van der Waals surface area contributed by atoms with E-state index in [-0.39, 0.29) is 28.6 Å². The van der Waals surface area contributed by atoms with Crippen LogP contribution in [0.25, 0.3) is 0 Å². The monoisotopic (exact) mass is 405 g/mol. The van der Waals surface area contributed by atoms with Crippen molar-refractivity contribution in [2.75, 3.05) is 23.9 Å². The summed E-state index contributed by atoms with van der Waals surface area (Å²) in [6.45, 7) is 4.05. The van der Waals surface area contributed by atoms with Gasteiger partial charge in [0.25, 0.3) is 0 Å². The number of anilines is 1. The molecule has 0 aliphatic rings. The van der Waals surface area contributed by atoms with Crippen LogP contribution in [-0.2, 0) is 14.3 Å². The smallest absolute Gasteiger partial charge is 0.223 e. The summed E-state index contributed by atoms with van der Waals surface area (Å²) in [5.74, 6) is -0.654. The molecule has 0 aliphatic heterocycles. The maximum Gasteiger partial charge on any atom is 0.223 e. The number of hydrogen-bond donors (Lipinski definition) is 0. The maximum absolute atomic E-state index is 13.1. The maximum atomic E-state index is 13.1. The van der Waals surface area contributed by atoms with Gasteiger partial charge in [0, 0.05) is 30.8 Å². The van der Waals surface area contributed by atoms with Crippen molar-refractivity contribution in [2.45, 2.75) is 31.9 Å². The van der Waals surface area contributed by atoms with Gasteiger partial charge in [0.2, 0.25) is 10.3 Å². The molecule has 1 unspecified atom stereocenters. The fourth-order valence-electron chi connectivity index (χ4n) is 2.10. The van der Waals surface area contributed by atoms with Crippen molar-refractivity contribution in [2.24, 2.45) is 0 Å². The Morgan fingerprint density at radius 3 is 2.52 bits per heavy atom. The summed E-state index contributed by atoms with van der Waals surface area (Å²) in [5.41, 5.74) is 0.588. The summed E-state index contributed by atoms with van der Waals surface area (Å²) in [5, 5.41) is -0.139. The van der Waals surface area contributed by atoms with Gasteiger partial charge in [0.15, 0.2) is 0 Å². The number of thiocarbonyl (C=S) groups is 1. The van der Waals surface area contributed by atoms with Gasteiger partial charge < -0.3 is 9.64 Å². The molecule has 0 spiro atoms. The van der Waals surface area contributed by atoms with Gasteiger partial charge >= 0.3 is 0 Å². The zero-order chi connectivity index (χ0) is 18.8. The van der Waals surface area contributed by atoms with Gasteiger partial charge in [-0.3, -0.25) is 9.59 Å². The number of rotatable bonds is 9. The molecule has 1 aromatic rings. The normalized spacial score (nSPS) is 11.7. The molecule has 0 bridgehead atoms. The quantitative estimate of drug-likeness (QED) is 0.455. The SMILES string of the molecule is CCOC(=S)SC(CCC(=O)CCl)CN(C(C)=O)c1ccc(F)cc1. The molecule has 1 amide bonds. The molecule has 0 saturated heterocycles. The molecule has 1 rings (SSSR count). The minimum absolute atomic E-state index is 0.0400. The van der Waals surface area contributed by atoms with Crippen LogP contribution in [0.3, 0.4) is 0 Å². The van der Waals surface area contributed by atoms with Crippen molar-refractivity contribution in [3.05, 3.63) is 30.1 Å². The first kappa shape index (κ1) is 21.9. The highest BCUT2D eigenvalue weighted by molar-refractivity contribution is 8.23. The Balaban J connectivity index is 2.89. The van der Waals surface area contributed by atoms with Crippen LogP contribution < -0.4 is 4.90 Å². The van der Waals surface area contributed by atoms with Crippen LogP contribution >= 0.6 is 35.6 Å². The van der Waals surface area contributed by atoms with Crippen molar-refractivity contribution < 1.29 is 18.7 Å². The lowest BCUT2D eigenvalue weighted by atomic mass is 10.1. The van der Waals surface area contributed by atoms with Crippen LogP contribution in [-0.4, -0.2) is 40.4 Å². The topological polar surface area (TPSA) is 46.6 Å². The number of ether oxygens (including phenoxy) is 1. The van der Waals surface area contributed by atoms with Gasteiger partial charge in [-0.05, 0) is 49.8 Å². The zero-order valence-electron chi connectivity index (χ0n) is 14.2. The highest BCUT2D eigenvalue weighted by Gasteiger charge is 2.21. The first-order chi connectivity index (χ1) is 11.9. The number of halogens is 2. The molecular weight excluding hydrogens is 385 g/mol. The standard InChI is InChI=1S/C17H21ClFNO3S2/c1-3-23-17(24)25-16(9-8-15(22)10-18)11-20(12(2)21)14-6-4-13(19)5-7-14/h4-7,16H,3,8-11H2,1-2H3. The fourth-order valence-corrected chi connectivity index (χ4v) is 3.68. The predicted molar refractivity (Wildman–Crippen MR) is 105 cm³/mol. The van der Waals surface area contributed by atoms with E-state index in [0.717, 1.165) is 0 Å². The minimum Gasteiger partial charge on any atom is -0.479 e. The van der Waals surface area contributed by atoms with Crippen molar-refractivity contribution in [1.82, 2.24) is 0 Å². The average molecular weight is 406 g/mol. The number of benzene rings is 1. The highest BCUT2D eigenvalue weighted by Crippen LogP contribution is 2.24. The third-order valence-corrected chi connectivity index (χ3v) is 5.06. The Morgan fingerprint density at radius 1 is 1.36 bits per heavy atom. The van der Waals surface area contributed by atoms with E-state index in [1.54, 1.807) is 12.1 Å². The van der Waals surface area contributed by atoms with Crippen molar-refractivity contribution in [1.29, 1.82) is 0 Å². The average Bonchev–Trinajstić information content (AvgIpc) is 2.57. The van der Waals surface area contributed by atoms with Crippen molar-refractivity contribution >= 4 is 57.3 Å².